The molecule has 2 heterocycles. The topological polar surface area (TPSA) is 62.6 Å². The molecule has 3 rings (SSSR count). The van der Waals surface area contributed by atoms with E-state index in [0.717, 1.165) is 5.56 Å². The molecule has 1 aromatic carbocycles. The number of nitrogens with zero attached hydrogens (tertiary/aromatic N) is 1. The maximum absolute atomic E-state index is 12.7. The number of carbonyl (C=O) groups is 2. The first-order chi connectivity index (χ1) is 11.1. The van der Waals surface area contributed by atoms with E-state index in [2.05, 4.69) is 5.32 Å². The number of hydrogen-bond acceptors (Lipinski definition) is 3. The summed E-state index contributed by atoms with van der Waals surface area (Å²) in [6, 6.07) is 13.3. The number of furan rings is 1. The zero-order chi connectivity index (χ0) is 16.3. The quantitative estimate of drug-likeness (QED) is 0.922. The molecule has 120 valence electrons. The first-order valence-corrected chi connectivity index (χ1v) is 7.75. The van der Waals surface area contributed by atoms with Gasteiger partial charge in [0.15, 0.2) is 0 Å². The highest BCUT2D eigenvalue weighted by atomic mass is 16.3. The minimum atomic E-state index is -0.835. The normalized spacial score (nSPS) is 20.7. The molecule has 1 fully saturated rings. The second kappa shape index (κ2) is 6.28. The molecule has 2 amide bonds. The monoisotopic (exact) mass is 312 g/mol. The Labute approximate surface area is 135 Å². The number of nitrogens with one attached hydrogen (secondary N) is 1. The fraction of sp³-hybridized carbons (Fsp3) is 0.333. The molecule has 5 nitrogen and oxygen atoms in total. The minimum absolute atomic E-state index is 0.0150. The molecule has 2 aromatic rings. The van der Waals surface area contributed by atoms with E-state index in [1.807, 2.05) is 43.3 Å². The van der Waals surface area contributed by atoms with Crippen molar-refractivity contribution in [2.45, 2.75) is 38.4 Å². The second-order valence-corrected chi connectivity index (χ2v) is 6.00. The van der Waals surface area contributed by atoms with Gasteiger partial charge in [-0.2, -0.15) is 0 Å². The predicted molar refractivity (Wildman–Crippen MR) is 85.2 cm³/mol. The molecule has 0 saturated carbocycles. The summed E-state index contributed by atoms with van der Waals surface area (Å²) in [6.45, 7) is 2.60. The molecule has 23 heavy (non-hydrogen) atoms. The fourth-order valence-electron chi connectivity index (χ4n) is 2.92. The van der Waals surface area contributed by atoms with Crippen LogP contribution in [0.1, 0.15) is 31.1 Å². The van der Waals surface area contributed by atoms with E-state index >= 15 is 0 Å². The number of rotatable bonds is 5. The molecule has 0 bridgehead atoms. The van der Waals surface area contributed by atoms with Gasteiger partial charge in [-0.3, -0.25) is 9.59 Å². The Morgan fingerprint density at radius 3 is 2.74 bits per heavy atom. The standard InChI is InChI=1S/C18H20N2O3/c1-18(17(22)19-12-14-6-3-2-4-7-14)10-9-16(21)20(18)13-15-8-5-11-23-15/h2-8,11H,9-10,12-13H2,1H3,(H,19,22). The van der Waals surface area contributed by atoms with Crippen LogP contribution in [0.15, 0.2) is 53.1 Å². The zero-order valence-electron chi connectivity index (χ0n) is 13.1. The van der Waals surface area contributed by atoms with Crippen LogP contribution in [0.25, 0.3) is 0 Å². The summed E-state index contributed by atoms with van der Waals surface area (Å²) < 4.78 is 5.32. The molecule has 0 radical (unpaired) electrons. The third-order valence-electron chi connectivity index (χ3n) is 4.40. The lowest BCUT2D eigenvalue weighted by Gasteiger charge is -2.33. The van der Waals surface area contributed by atoms with Crippen LogP contribution < -0.4 is 5.32 Å². The van der Waals surface area contributed by atoms with E-state index in [-0.39, 0.29) is 11.8 Å². The summed E-state index contributed by atoms with van der Waals surface area (Å²) in [5.74, 6) is 0.542. The summed E-state index contributed by atoms with van der Waals surface area (Å²) in [6.07, 6.45) is 2.48. The fourth-order valence-corrected chi connectivity index (χ4v) is 2.92. The van der Waals surface area contributed by atoms with Gasteiger partial charge in [-0.15, -0.1) is 0 Å². The van der Waals surface area contributed by atoms with E-state index in [0.29, 0.717) is 31.7 Å². The summed E-state index contributed by atoms with van der Waals surface area (Å²) >= 11 is 0. The van der Waals surface area contributed by atoms with Crippen LogP contribution in [0, 0.1) is 0 Å². The third kappa shape index (κ3) is 3.13. The molecule has 1 atom stereocenters. The van der Waals surface area contributed by atoms with Crippen molar-refractivity contribution >= 4 is 11.8 Å². The van der Waals surface area contributed by atoms with Crippen LogP contribution in [-0.2, 0) is 22.7 Å². The van der Waals surface area contributed by atoms with Crippen molar-refractivity contribution in [3.8, 4) is 0 Å². The Morgan fingerprint density at radius 2 is 2.04 bits per heavy atom. The van der Waals surface area contributed by atoms with Crippen molar-refractivity contribution in [3.63, 3.8) is 0 Å². The lowest BCUT2D eigenvalue weighted by Crippen LogP contribution is -2.53. The highest BCUT2D eigenvalue weighted by Gasteiger charge is 2.47. The number of benzene rings is 1. The number of carbonyl (C=O) groups excluding carboxylic acids is 2. The van der Waals surface area contributed by atoms with Gasteiger partial charge in [0.05, 0.1) is 12.8 Å². The van der Waals surface area contributed by atoms with Crippen LogP contribution in [0.3, 0.4) is 0 Å². The van der Waals surface area contributed by atoms with Crippen LogP contribution >= 0.6 is 0 Å². The number of hydrogen-bond donors (Lipinski definition) is 1. The van der Waals surface area contributed by atoms with Crippen molar-refractivity contribution < 1.29 is 14.0 Å². The molecular formula is C18H20N2O3. The molecule has 1 aliphatic rings. The molecule has 1 unspecified atom stereocenters. The van der Waals surface area contributed by atoms with Crippen molar-refractivity contribution in [1.82, 2.24) is 10.2 Å². The van der Waals surface area contributed by atoms with Gasteiger partial charge in [-0.1, -0.05) is 30.3 Å². The third-order valence-corrected chi connectivity index (χ3v) is 4.40. The van der Waals surface area contributed by atoms with E-state index < -0.39 is 5.54 Å². The van der Waals surface area contributed by atoms with E-state index in [1.54, 1.807) is 17.2 Å². The van der Waals surface area contributed by atoms with Gasteiger partial charge in [0.2, 0.25) is 11.8 Å². The lowest BCUT2D eigenvalue weighted by molar-refractivity contribution is -0.141. The van der Waals surface area contributed by atoms with Gasteiger partial charge in [0.25, 0.3) is 0 Å². The van der Waals surface area contributed by atoms with Crippen molar-refractivity contribution in [2.24, 2.45) is 0 Å². The van der Waals surface area contributed by atoms with Crippen LogP contribution in [0.4, 0.5) is 0 Å². The highest BCUT2D eigenvalue weighted by molar-refractivity contribution is 5.94. The van der Waals surface area contributed by atoms with Crippen LogP contribution in [-0.4, -0.2) is 22.3 Å². The van der Waals surface area contributed by atoms with E-state index in [1.165, 1.54) is 0 Å². The lowest BCUT2D eigenvalue weighted by atomic mass is 9.97. The predicted octanol–water partition coefficient (Wildman–Crippen LogP) is 2.48. The maximum atomic E-state index is 12.7. The first kappa shape index (κ1) is 15.3. The number of likely N-dealkylation sites (tertiary alicyclic amines) is 1. The van der Waals surface area contributed by atoms with Gasteiger partial charge in [-0.05, 0) is 31.0 Å². The first-order valence-electron chi connectivity index (χ1n) is 7.75. The summed E-state index contributed by atoms with van der Waals surface area (Å²) in [5.41, 5.74) is 0.199. The Balaban J connectivity index is 1.70. The summed E-state index contributed by atoms with van der Waals surface area (Å²) in [7, 11) is 0. The molecule has 0 spiro atoms. The van der Waals surface area contributed by atoms with Crippen LogP contribution in [0.2, 0.25) is 0 Å². The molecule has 1 saturated heterocycles. The Bertz CT molecular complexity index is 682. The Kier molecular flexibility index (Phi) is 4.19. The Hall–Kier alpha value is -2.56. The highest BCUT2D eigenvalue weighted by Crippen LogP contribution is 2.32. The molecule has 1 N–H and O–H groups in total. The average molecular weight is 312 g/mol. The molecule has 5 heteroatoms. The van der Waals surface area contributed by atoms with Gasteiger partial charge in [0, 0.05) is 13.0 Å². The van der Waals surface area contributed by atoms with Crippen molar-refractivity contribution in [2.75, 3.05) is 0 Å². The van der Waals surface area contributed by atoms with Crippen molar-refractivity contribution in [1.29, 1.82) is 0 Å². The van der Waals surface area contributed by atoms with Crippen LogP contribution in [0.5, 0.6) is 0 Å². The van der Waals surface area contributed by atoms with Gasteiger partial charge >= 0.3 is 0 Å². The second-order valence-electron chi connectivity index (χ2n) is 6.00. The molecule has 0 aliphatic carbocycles. The van der Waals surface area contributed by atoms with E-state index in [4.69, 9.17) is 4.42 Å². The zero-order valence-corrected chi connectivity index (χ0v) is 13.1. The van der Waals surface area contributed by atoms with Gasteiger partial charge in [-0.25, -0.2) is 0 Å². The smallest absolute Gasteiger partial charge is 0.245 e. The largest absolute Gasteiger partial charge is 0.467 e. The molecule has 1 aliphatic heterocycles. The van der Waals surface area contributed by atoms with Gasteiger partial charge in [0.1, 0.15) is 11.3 Å². The van der Waals surface area contributed by atoms with Gasteiger partial charge < -0.3 is 14.6 Å². The van der Waals surface area contributed by atoms with E-state index in [9.17, 15) is 9.59 Å². The molecule has 1 aromatic heterocycles. The SMILES string of the molecule is CC1(C(=O)NCc2ccccc2)CCC(=O)N1Cc1ccco1. The minimum Gasteiger partial charge on any atom is -0.467 e. The molecular weight excluding hydrogens is 292 g/mol. The summed E-state index contributed by atoms with van der Waals surface area (Å²) in [5, 5.41) is 2.95. The average Bonchev–Trinajstić information content (AvgIpc) is 3.18. The summed E-state index contributed by atoms with van der Waals surface area (Å²) in [4.78, 5) is 26.5. The maximum Gasteiger partial charge on any atom is 0.245 e. The number of amides is 2. The van der Waals surface area contributed by atoms with Crippen molar-refractivity contribution in [3.05, 3.63) is 60.1 Å². The Morgan fingerprint density at radius 1 is 1.26 bits per heavy atom.